The molecular formula is C32H52N6O. The third-order valence-corrected chi connectivity index (χ3v) is 7.29. The van der Waals surface area contributed by atoms with Crippen molar-refractivity contribution >= 4 is 23.9 Å². The van der Waals surface area contributed by atoms with E-state index in [1.165, 1.54) is 48.8 Å². The number of hydrogen-bond donors (Lipinski definition) is 1. The van der Waals surface area contributed by atoms with Crippen LogP contribution in [-0.2, 0) is 18.4 Å². The summed E-state index contributed by atoms with van der Waals surface area (Å²) in [6, 6.07) is 4.35. The second-order valence-electron chi connectivity index (χ2n) is 10.4. The molecule has 1 atom stereocenters. The number of amidine groups is 1. The zero-order valence-corrected chi connectivity index (χ0v) is 25.5. The Labute approximate surface area is 236 Å². The molecule has 1 amide bonds. The molecule has 1 aliphatic carbocycles. The minimum atomic E-state index is 0.152. The first kappa shape index (κ1) is 32.2. The van der Waals surface area contributed by atoms with Gasteiger partial charge in [0.05, 0.1) is 5.92 Å². The number of aromatic amines is 1. The molecule has 1 aromatic rings. The second-order valence-corrected chi connectivity index (χ2v) is 10.4. The van der Waals surface area contributed by atoms with Crippen molar-refractivity contribution in [3.63, 3.8) is 0 Å². The zero-order valence-electron chi connectivity index (χ0n) is 25.5. The molecule has 0 radical (unpaired) electrons. The molecule has 1 fully saturated rings. The molecule has 0 aromatic carbocycles. The normalized spacial score (nSPS) is 21.4. The average molecular weight is 537 g/mol. The Balaban J connectivity index is 0.000000343. The van der Waals surface area contributed by atoms with Gasteiger partial charge in [-0.05, 0) is 79.4 Å². The van der Waals surface area contributed by atoms with E-state index in [1.54, 1.807) is 4.90 Å². The van der Waals surface area contributed by atoms with E-state index in [-0.39, 0.29) is 11.8 Å². The van der Waals surface area contributed by atoms with E-state index in [0.717, 1.165) is 43.4 Å². The number of allylic oxidation sites excluding steroid dienone is 1. The van der Waals surface area contributed by atoms with Crippen molar-refractivity contribution in [2.45, 2.75) is 58.9 Å². The third-order valence-electron chi connectivity index (χ3n) is 7.29. The quantitative estimate of drug-likeness (QED) is 0.594. The summed E-state index contributed by atoms with van der Waals surface area (Å²) < 4.78 is 2.10. The lowest BCUT2D eigenvalue weighted by Gasteiger charge is -2.27. The van der Waals surface area contributed by atoms with Gasteiger partial charge < -0.3 is 14.9 Å². The summed E-state index contributed by atoms with van der Waals surface area (Å²) in [5.74, 6) is 1.40. The van der Waals surface area contributed by atoms with E-state index >= 15 is 0 Å². The maximum absolute atomic E-state index is 11.4. The number of likely N-dealkylation sites (N-methyl/N-ethyl adjacent to an activating group) is 1. The molecule has 0 bridgehead atoms. The number of rotatable bonds is 3. The molecular weight excluding hydrogens is 484 g/mol. The van der Waals surface area contributed by atoms with Crippen LogP contribution in [-0.4, -0.2) is 84.0 Å². The van der Waals surface area contributed by atoms with Gasteiger partial charge in [-0.15, -0.1) is 0 Å². The molecule has 7 nitrogen and oxygen atoms in total. The SMILES string of the molecule is C=c1cc(CN2CCCCC2)n(C)[nH]cc/c1=C1/C=CC(=NC)N(C)C1.CC.CN(C)C(=O)C1C=CCCC1. The van der Waals surface area contributed by atoms with Crippen LogP contribution in [0.3, 0.4) is 0 Å². The number of H-pyrrole nitrogens is 1. The lowest BCUT2D eigenvalue weighted by atomic mass is 9.95. The molecule has 1 N–H and O–H groups in total. The molecule has 2 aliphatic heterocycles. The molecule has 7 heteroatoms. The van der Waals surface area contributed by atoms with Gasteiger partial charge in [0, 0.05) is 60.2 Å². The summed E-state index contributed by atoms with van der Waals surface area (Å²) in [5, 5.41) is 5.61. The lowest BCUT2D eigenvalue weighted by molar-refractivity contribution is -0.131. The van der Waals surface area contributed by atoms with Crippen molar-refractivity contribution in [1.82, 2.24) is 24.5 Å². The van der Waals surface area contributed by atoms with Gasteiger partial charge in [-0.2, -0.15) is 0 Å². The van der Waals surface area contributed by atoms with E-state index in [0.29, 0.717) is 0 Å². The molecule has 1 aromatic heterocycles. The molecule has 1 unspecified atom stereocenters. The molecule has 3 heterocycles. The fourth-order valence-electron chi connectivity index (χ4n) is 5.07. The fourth-order valence-corrected chi connectivity index (χ4v) is 5.07. The largest absolute Gasteiger partial charge is 0.356 e. The van der Waals surface area contributed by atoms with Crippen molar-refractivity contribution in [2.75, 3.05) is 47.8 Å². The maximum Gasteiger partial charge on any atom is 0.228 e. The van der Waals surface area contributed by atoms with Crippen LogP contribution in [0.2, 0.25) is 0 Å². The van der Waals surface area contributed by atoms with Crippen LogP contribution in [0, 0.1) is 5.92 Å². The van der Waals surface area contributed by atoms with E-state index in [2.05, 4.69) is 75.6 Å². The van der Waals surface area contributed by atoms with Gasteiger partial charge in [0.25, 0.3) is 0 Å². The highest BCUT2D eigenvalue weighted by molar-refractivity contribution is 5.97. The Bertz CT molecular complexity index is 1160. The minimum Gasteiger partial charge on any atom is -0.356 e. The molecule has 0 spiro atoms. The fraction of sp³-hybridized carbons (Fsp3) is 0.562. The van der Waals surface area contributed by atoms with Gasteiger partial charge in [-0.25, -0.2) is 0 Å². The number of amides is 1. The van der Waals surface area contributed by atoms with Gasteiger partial charge >= 0.3 is 0 Å². The summed E-state index contributed by atoms with van der Waals surface area (Å²) >= 11 is 0. The van der Waals surface area contributed by atoms with Crippen molar-refractivity contribution in [3.05, 3.63) is 58.8 Å². The highest BCUT2D eigenvalue weighted by Crippen LogP contribution is 2.18. The number of nitrogens with one attached hydrogen (secondary N) is 1. The minimum absolute atomic E-state index is 0.152. The molecule has 216 valence electrons. The standard InChI is InChI=1S/C21H31N5.C9H15NO.C2H6/c1-17-14-19(16-26-12-6-5-7-13-26)25(4)23-11-10-20(17)18-8-9-21(22-2)24(3)15-18;1-10(2)9(11)8-6-4-3-5-7-8;1-2/h8-11,14,23H,1,5-7,12-13,15-16H2,2-4H3;4,6,8H,3,5,7H2,1-2H3;1-2H3/b11-10?,19-14?,20-18+,22-21?;;. The average Bonchev–Trinajstić information content (AvgIpc) is 2.96. The summed E-state index contributed by atoms with van der Waals surface area (Å²) in [4.78, 5) is 22.0. The Hall–Kier alpha value is -3.06. The number of likely N-dealkylation sites (tertiary alicyclic amines) is 1. The molecule has 1 saturated heterocycles. The van der Waals surface area contributed by atoms with E-state index in [4.69, 9.17) is 0 Å². The Morgan fingerprint density at radius 1 is 1.13 bits per heavy atom. The predicted molar refractivity (Wildman–Crippen MR) is 166 cm³/mol. The van der Waals surface area contributed by atoms with Crippen LogP contribution in [0.1, 0.15) is 58.1 Å². The number of aryl methyl sites for hydroxylation is 1. The van der Waals surface area contributed by atoms with Gasteiger partial charge in [0.1, 0.15) is 5.84 Å². The number of carbonyl (C=O) groups excluding carboxylic acids is 1. The Morgan fingerprint density at radius 2 is 1.85 bits per heavy atom. The number of nitrogens with zero attached hydrogens (tertiary/aromatic N) is 5. The topological polar surface area (TPSA) is 59.9 Å². The van der Waals surface area contributed by atoms with Gasteiger partial charge in [0.2, 0.25) is 5.91 Å². The van der Waals surface area contributed by atoms with E-state index < -0.39 is 0 Å². The monoisotopic (exact) mass is 536 g/mol. The van der Waals surface area contributed by atoms with Crippen molar-refractivity contribution in [2.24, 2.45) is 18.0 Å². The molecule has 0 saturated carbocycles. The van der Waals surface area contributed by atoms with Crippen molar-refractivity contribution in [3.8, 4) is 0 Å². The summed E-state index contributed by atoms with van der Waals surface area (Å²) in [6.07, 6.45) is 17.7. The first-order chi connectivity index (χ1) is 18.8. The van der Waals surface area contributed by atoms with E-state index in [1.807, 2.05) is 47.3 Å². The Morgan fingerprint density at radius 3 is 2.44 bits per heavy atom. The first-order valence-corrected chi connectivity index (χ1v) is 14.6. The molecule has 3 aliphatic rings. The number of hydrogen-bond acceptors (Lipinski definition) is 3. The summed E-state index contributed by atoms with van der Waals surface area (Å²) in [5.41, 5.74) is 2.52. The Kier molecular flexibility index (Phi) is 13.9. The second kappa shape index (κ2) is 16.8. The number of aromatic nitrogens is 2. The van der Waals surface area contributed by atoms with Crippen LogP contribution in [0.25, 0.3) is 12.2 Å². The van der Waals surface area contributed by atoms with Gasteiger partial charge in [0.15, 0.2) is 0 Å². The van der Waals surface area contributed by atoms with Crippen LogP contribution in [0.5, 0.6) is 0 Å². The van der Waals surface area contributed by atoms with Crippen LogP contribution in [0.4, 0.5) is 0 Å². The highest BCUT2D eigenvalue weighted by Gasteiger charge is 2.18. The van der Waals surface area contributed by atoms with E-state index in [9.17, 15) is 4.79 Å². The molecule has 4 rings (SSSR count). The lowest BCUT2D eigenvalue weighted by Crippen LogP contribution is -2.35. The molecule has 39 heavy (non-hydrogen) atoms. The van der Waals surface area contributed by atoms with Crippen molar-refractivity contribution in [1.29, 1.82) is 0 Å². The van der Waals surface area contributed by atoms with Gasteiger partial charge in [-0.3, -0.25) is 19.4 Å². The number of carbonyl (C=O) groups is 1. The van der Waals surface area contributed by atoms with Crippen LogP contribution in [0.15, 0.2) is 47.6 Å². The summed E-state index contributed by atoms with van der Waals surface area (Å²) in [7, 11) is 9.60. The van der Waals surface area contributed by atoms with Crippen LogP contribution < -0.4 is 10.4 Å². The number of piperidine rings is 1. The zero-order chi connectivity index (χ0) is 28.8. The number of aliphatic imine (C=N–C) groups is 1. The van der Waals surface area contributed by atoms with Crippen molar-refractivity contribution < 1.29 is 4.79 Å². The maximum atomic E-state index is 11.4. The smallest absolute Gasteiger partial charge is 0.228 e. The summed E-state index contributed by atoms with van der Waals surface area (Å²) in [6.45, 7) is 12.6. The first-order valence-electron chi connectivity index (χ1n) is 14.6. The van der Waals surface area contributed by atoms with Gasteiger partial charge in [-0.1, -0.05) is 45.1 Å². The highest BCUT2D eigenvalue weighted by atomic mass is 16.2. The predicted octanol–water partition coefficient (Wildman–Crippen LogP) is 4.01. The third kappa shape index (κ3) is 9.88. The van der Waals surface area contributed by atoms with Crippen LogP contribution >= 0.6 is 0 Å².